The highest BCUT2D eigenvalue weighted by Gasteiger charge is 2.31. The molecule has 1 aromatic carbocycles. The van der Waals surface area contributed by atoms with Crippen LogP contribution in [0.4, 0.5) is 11.5 Å². The molecule has 9 nitrogen and oxygen atoms in total. The van der Waals surface area contributed by atoms with Crippen LogP contribution in [0.3, 0.4) is 0 Å². The second-order valence-electron chi connectivity index (χ2n) is 7.74. The van der Waals surface area contributed by atoms with Crippen LogP contribution in [-0.2, 0) is 9.84 Å². The number of aromatic nitrogens is 3. The number of piperidine rings is 1. The first kappa shape index (κ1) is 21.1. The van der Waals surface area contributed by atoms with Gasteiger partial charge in [-0.05, 0) is 43.2 Å². The monoisotopic (exact) mass is 440 g/mol. The van der Waals surface area contributed by atoms with Crippen LogP contribution >= 0.6 is 0 Å². The van der Waals surface area contributed by atoms with Crippen LogP contribution in [0.2, 0.25) is 0 Å². The lowest BCUT2D eigenvalue weighted by molar-refractivity contribution is 0.102. The van der Waals surface area contributed by atoms with E-state index in [1.165, 1.54) is 12.6 Å². The number of nitrogens with two attached hydrogens (primary N) is 1. The van der Waals surface area contributed by atoms with Crippen LogP contribution in [0.25, 0.3) is 10.9 Å². The molecule has 3 aromatic rings. The zero-order valence-corrected chi connectivity index (χ0v) is 17.9. The molecule has 0 spiro atoms. The summed E-state index contributed by atoms with van der Waals surface area (Å²) in [7, 11) is -3.33. The molecular formula is C21H24N6O3S. The molecule has 0 aliphatic carbocycles. The minimum absolute atomic E-state index is 0.180. The molecule has 1 fully saturated rings. The quantitative estimate of drug-likeness (QED) is 0.614. The molecule has 10 heteroatoms. The number of hydrogen-bond donors (Lipinski definition) is 2. The van der Waals surface area contributed by atoms with Crippen molar-refractivity contribution in [3.8, 4) is 0 Å². The smallest absolute Gasteiger partial charge is 0.274 e. The summed E-state index contributed by atoms with van der Waals surface area (Å²) in [5.74, 6) is 0.209. The second-order valence-corrected chi connectivity index (χ2v) is 9.94. The molecule has 2 aromatic heterocycles. The molecule has 0 radical (unpaired) electrons. The maximum Gasteiger partial charge on any atom is 0.274 e. The van der Waals surface area contributed by atoms with Crippen LogP contribution in [0.5, 0.6) is 0 Å². The fraction of sp³-hybridized carbons (Fsp3) is 0.333. The van der Waals surface area contributed by atoms with Gasteiger partial charge in [0.2, 0.25) is 0 Å². The van der Waals surface area contributed by atoms with Gasteiger partial charge >= 0.3 is 0 Å². The Morgan fingerprint density at radius 2 is 2.06 bits per heavy atom. The van der Waals surface area contributed by atoms with Crippen molar-refractivity contribution in [2.24, 2.45) is 11.7 Å². The number of nitrogens with one attached hydrogen (secondary N) is 1. The molecule has 0 bridgehead atoms. The molecule has 31 heavy (non-hydrogen) atoms. The minimum Gasteiger partial charge on any atom is -0.356 e. The summed E-state index contributed by atoms with van der Waals surface area (Å²) in [5, 5.41) is 2.72. The lowest BCUT2D eigenvalue weighted by atomic mass is 9.97. The number of rotatable bonds is 5. The van der Waals surface area contributed by atoms with Gasteiger partial charge in [-0.2, -0.15) is 0 Å². The molecule has 1 saturated heterocycles. The molecule has 162 valence electrons. The summed E-state index contributed by atoms with van der Waals surface area (Å²) >= 11 is 0. The van der Waals surface area contributed by atoms with E-state index in [9.17, 15) is 13.2 Å². The van der Waals surface area contributed by atoms with Crippen molar-refractivity contribution < 1.29 is 13.2 Å². The number of pyridine rings is 1. The predicted octanol–water partition coefficient (Wildman–Crippen LogP) is 1.82. The molecule has 3 heterocycles. The number of carbonyl (C=O) groups excluding carboxylic acids is 1. The van der Waals surface area contributed by atoms with E-state index in [2.05, 4.69) is 20.3 Å². The lowest BCUT2D eigenvalue weighted by Crippen LogP contribution is -2.47. The van der Waals surface area contributed by atoms with Crippen molar-refractivity contribution in [1.29, 1.82) is 0 Å². The number of fused-ring (bicyclic) bond motifs is 1. The van der Waals surface area contributed by atoms with Gasteiger partial charge in [-0.15, -0.1) is 0 Å². The van der Waals surface area contributed by atoms with Crippen molar-refractivity contribution in [1.82, 2.24) is 15.0 Å². The molecule has 2 atom stereocenters. The van der Waals surface area contributed by atoms with E-state index in [1.54, 1.807) is 30.5 Å². The molecule has 1 amide bonds. The molecule has 1 aliphatic rings. The Morgan fingerprint density at radius 3 is 2.81 bits per heavy atom. The topological polar surface area (TPSA) is 131 Å². The molecule has 3 N–H and O–H groups in total. The summed E-state index contributed by atoms with van der Waals surface area (Å²) in [5.41, 5.74) is 7.66. The van der Waals surface area contributed by atoms with E-state index in [0.717, 1.165) is 30.3 Å². The van der Waals surface area contributed by atoms with Gasteiger partial charge in [0.25, 0.3) is 5.91 Å². The highest BCUT2D eigenvalue weighted by molar-refractivity contribution is 7.91. The van der Waals surface area contributed by atoms with E-state index in [4.69, 9.17) is 5.73 Å². The Bertz CT molecular complexity index is 1200. The molecule has 4 rings (SSSR count). The summed E-state index contributed by atoms with van der Waals surface area (Å²) in [6, 6.07) is 10.6. The van der Waals surface area contributed by atoms with Crippen LogP contribution in [0, 0.1) is 5.92 Å². The zero-order chi connectivity index (χ0) is 22.0. The van der Waals surface area contributed by atoms with E-state index in [-0.39, 0.29) is 11.8 Å². The average Bonchev–Trinajstić information content (AvgIpc) is 2.78. The van der Waals surface area contributed by atoms with E-state index in [1.807, 2.05) is 17.0 Å². The fourth-order valence-electron chi connectivity index (χ4n) is 3.89. The van der Waals surface area contributed by atoms with Gasteiger partial charge in [0.15, 0.2) is 9.84 Å². The van der Waals surface area contributed by atoms with Gasteiger partial charge in [-0.3, -0.25) is 9.78 Å². The molecule has 0 saturated carbocycles. The molecular weight excluding hydrogens is 416 g/mol. The Morgan fingerprint density at radius 1 is 1.23 bits per heavy atom. The standard InChI is InChI=1S/C21H24N6O3S/c1-31(29,30)19(22)14-5-4-10-27(12-14)20-16-11-15(7-8-17(16)24-13-25-20)26-21(28)18-6-2-3-9-23-18/h2-3,6-9,11,13-14,19H,4-5,10,12,22H2,1H3,(H,26,28). The predicted molar refractivity (Wildman–Crippen MR) is 119 cm³/mol. The number of hydrogen-bond acceptors (Lipinski definition) is 8. The lowest BCUT2D eigenvalue weighted by Gasteiger charge is -2.36. The van der Waals surface area contributed by atoms with E-state index in [0.29, 0.717) is 23.7 Å². The third kappa shape index (κ3) is 4.64. The SMILES string of the molecule is CS(=O)(=O)C(N)C1CCCN(c2ncnc3ccc(NC(=O)c4ccccn4)cc23)C1. The number of sulfone groups is 1. The first-order chi connectivity index (χ1) is 14.8. The van der Waals surface area contributed by atoms with E-state index < -0.39 is 15.2 Å². The third-order valence-electron chi connectivity index (χ3n) is 5.49. The summed E-state index contributed by atoms with van der Waals surface area (Å²) in [6.07, 6.45) is 5.79. The maximum atomic E-state index is 12.5. The van der Waals surface area contributed by atoms with E-state index >= 15 is 0 Å². The highest BCUT2D eigenvalue weighted by Crippen LogP contribution is 2.30. The first-order valence-corrected chi connectivity index (χ1v) is 11.9. The van der Waals surface area contributed by atoms with Crippen molar-refractivity contribution >= 4 is 38.2 Å². The number of benzene rings is 1. The summed E-state index contributed by atoms with van der Waals surface area (Å²) < 4.78 is 23.9. The average molecular weight is 441 g/mol. The molecule has 1 aliphatic heterocycles. The second kappa shape index (κ2) is 8.56. The first-order valence-electron chi connectivity index (χ1n) is 9.99. The largest absolute Gasteiger partial charge is 0.356 e. The number of carbonyl (C=O) groups is 1. The van der Waals surface area contributed by atoms with Gasteiger partial charge in [-0.1, -0.05) is 6.07 Å². The number of anilines is 2. The number of amides is 1. The van der Waals surface area contributed by atoms with Crippen LogP contribution in [0.1, 0.15) is 23.3 Å². The Kier molecular flexibility index (Phi) is 5.84. The van der Waals surface area contributed by atoms with Gasteiger partial charge < -0.3 is 16.0 Å². The summed E-state index contributed by atoms with van der Waals surface area (Å²) in [4.78, 5) is 27.4. The highest BCUT2D eigenvalue weighted by atomic mass is 32.2. The van der Waals surface area contributed by atoms with Crippen molar-refractivity contribution in [2.75, 3.05) is 29.6 Å². The zero-order valence-electron chi connectivity index (χ0n) is 17.1. The van der Waals surface area contributed by atoms with Crippen molar-refractivity contribution in [3.63, 3.8) is 0 Å². The van der Waals surface area contributed by atoms with Gasteiger partial charge in [0.1, 0.15) is 23.2 Å². The van der Waals surface area contributed by atoms with Crippen molar-refractivity contribution in [3.05, 3.63) is 54.6 Å². The number of nitrogens with zero attached hydrogens (tertiary/aromatic N) is 4. The minimum atomic E-state index is -3.33. The van der Waals surface area contributed by atoms with Crippen LogP contribution in [-0.4, -0.2) is 54.0 Å². The van der Waals surface area contributed by atoms with Crippen LogP contribution in [0.15, 0.2) is 48.9 Å². The van der Waals surface area contributed by atoms with Crippen LogP contribution < -0.4 is 16.0 Å². The maximum absolute atomic E-state index is 12.5. The Labute approximate surface area is 180 Å². The van der Waals surface area contributed by atoms with Gasteiger partial charge in [-0.25, -0.2) is 18.4 Å². The Balaban J connectivity index is 1.62. The fourth-order valence-corrected chi connectivity index (χ4v) is 4.81. The normalized spacial score (nSPS) is 18.0. The van der Waals surface area contributed by atoms with Gasteiger partial charge in [0.05, 0.1) is 5.52 Å². The summed E-state index contributed by atoms with van der Waals surface area (Å²) in [6.45, 7) is 1.23. The third-order valence-corrected chi connectivity index (χ3v) is 6.86. The molecule has 2 unspecified atom stereocenters. The Hall–Kier alpha value is -3.11. The van der Waals surface area contributed by atoms with Gasteiger partial charge in [0, 0.05) is 42.5 Å². The van der Waals surface area contributed by atoms with Crippen molar-refractivity contribution in [2.45, 2.75) is 18.2 Å².